The lowest BCUT2D eigenvalue weighted by molar-refractivity contribution is 0.617. The Morgan fingerprint density at radius 1 is 0.667 bits per heavy atom. The second-order valence-corrected chi connectivity index (χ2v) is 6.13. The average molecular weight is 291 g/mol. The van der Waals surface area contributed by atoms with E-state index in [2.05, 4.69) is 26.2 Å². The third-order valence-electron chi connectivity index (χ3n) is 4.05. The van der Waals surface area contributed by atoms with Crippen molar-refractivity contribution in [3.63, 3.8) is 0 Å². The van der Waals surface area contributed by atoms with E-state index < -0.39 is 0 Å². The highest BCUT2D eigenvalue weighted by molar-refractivity contribution is 5.01. The average Bonchev–Trinajstić information content (AvgIpc) is 2.50. The Kier molecular flexibility index (Phi) is 16.6. The zero-order valence-electron chi connectivity index (χ0n) is 14.5. The quantitative estimate of drug-likeness (QED) is 0.201. The lowest BCUT2D eigenvalue weighted by atomic mass is 9.98. The Hall–Kier alpha value is -0.780. The maximum atomic E-state index is 3.80. The molecule has 0 aromatic carbocycles. The lowest BCUT2D eigenvalue weighted by Crippen LogP contribution is -1.88. The summed E-state index contributed by atoms with van der Waals surface area (Å²) < 4.78 is 0. The van der Waals surface area contributed by atoms with Crippen LogP contribution in [0.1, 0.15) is 96.8 Å². The van der Waals surface area contributed by atoms with Crippen LogP contribution in [-0.4, -0.2) is 0 Å². The van der Waals surface area contributed by atoms with Crippen molar-refractivity contribution >= 4 is 0 Å². The smallest absolute Gasteiger partial charge is 0.0320 e. The van der Waals surface area contributed by atoms with E-state index in [1.165, 1.54) is 89.9 Å². The van der Waals surface area contributed by atoms with Gasteiger partial charge in [-0.3, -0.25) is 0 Å². The molecule has 0 fully saturated rings. The maximum absolute atomic E-state index is 3.80. The van der Waals surface area contributed by atoms with Crippen LogP contribution in [0.25, 0.3) is 0 Å². The molecule has 0 N–H and O–H groups in total. The first-order valence-electron chi connectivity index (χ1n) is 9.24. The van der Waals surface area contributed by atoms with E-state index in [4.69, 9.17) is 0 Å². The SMILES string of the molecule is C=CCCCCCCC(=CCCCC)CCCCCC=C. The fraction of sp³-hybridized carbons (Fsp3) is 0.714. The van der Waals surface area contributed by atoms with E-state index in [9.17, 15) is 0 Å². The summed E-state index contributed by atoms with van der Waals surface area (Å²) in [5.41, 5.74) is 1.73. The van der Waals surface area contributed by atoms with Crippen LogP contribution in [0.15, 0.2) is 37.0 Å². The van der Waals surface area contributed by atoms with Crippen LogP contribution in [0.3, 0.4) is 0 Å². The second-order valence-electron chi connectivity index (χ2n) is 6.13. The van der Waals surface area contributed by atoms with E-state index in [-0.39, 0.29) is 0 Å². The zero-order chi connectivity index (χ0) is 15.6. The van der Waals surface area contributed by atoms with Gasteiger partial charge in [0.05, 0.1) is 0 Å². The highest BCUT2D eigenvalue weighted by Crippen LogP contribution is 2.19. The van der Waals surface area contributed by atoms with Gasteiger partial charge in [-0.15, -0.1) is 13.2 Å². The molecule has 0 aromatic heterocycles. The van der Waals surface area contributed by atoms with E-state index in [1.54, 1.807) is 5.57 Å². The molecule has 0 saturated carbocycles. The Labute approximate surface area is 134 Å². The predicted octanol–water partition coefficient (Wildman–Crippen LogP) is 7.77. The van der Waals surface area contributed by atoms with Gasteiger partial charge in [-0.1, -0.05) is 62.8 Å². The van der Waals surface area contributed by atoms with E-state index in [1.807, 2.05) is 12.2 Å². The van der Waals surface area contributed by atoms with Gasteiger partial charge in [0.25, 0.3) is 0 Å². The predicted molar refractivity (Wildman–Crippen MR) is 98.8 cm³/mol. The fourth-order valence-corrected chi connectivity index (χ4v) is 2.65. The van der Waals surface area contributed by atoms with Crippen molar-refractivity contribution in [2.45, 2.75) is 96.8 Å². The van der Waals surface area contributed by atoms with Gasteiger partial charge in [0.1, 0.15) is 0 Å². The van der Waals surface area contributed by atoms with Gasteiger partial charge >= 0.3 is 0 Å². The normalized spacial score (nSPS) is 11.6. The highest BCUT2D eigenvalue weighted by Gasteiger charge is 1.99. The van der Waals surface area contributed by atoms with Crippen molar-refractivity contribution in [2.24, 2.45) is 0 Å². The Bertz CT molecular complexity index is 259. The van der Waals surface area contributed by atoms with Gasteiger partial charge in [0.2, 0.25) is 0 Å². The largest absolute Gasteiger partial charge is 0.103 e. The molecule has 0 saturated heterocycles. The standard InChI is InChI=1S/C21H38/c1-4-7-10-12-14-17-20-21(18-15-9-6-3)19-16-13-11-8-5-2/h4-5,18H,1-2,6-17,19-20H2,3H3. The van der Waals surface area contributed by atoms with Crippen molar-refractivity contribution in [2.75, 3.05) is 0 Å². The molecular weight excluding hydrogens is 252 g/mol. The number of hydrogen-bond donors (Lipinski definition) is 0. The molecule has 0 radical (unpaired) electrons. The zero-order valence-corrected chi connectivity index (χ0v) is 14.5. The minimum absolute atomic E-state index is 1.18. The second kappa shape index (κ2) is 17.3. The summed E-state index contributed by atoms with van der Waals surface area (Å²) >= 11 is 0. The molecule has 0 aliphatic heterocycles. The molecule has 0 aliphatic rings. The molecule has 0 rings (SSSR count). The molecule has 0 nitrogen and oxygen atoms in total. The summed E-state index contributed by atoms with van der Waals surface area (Å²) in [5.74, 6) is 0. The number of unbranched alkanes of at least 4 members (excludes halogenated alkanes) is 9. The Morgan fingerprint density at radius 3 is 1.71 bits per heavy atom. The summed E-state index contributed by atoms with van der Waals surface area (Å²) in [6, 6.07) is 0. The minimum Gasteiger partial charge on any atom is -0.103 e. The third kappa shape index (κ3) is 15.4. The van der Waals surface area contributed by atoms with Crippen molar-refractivity contribution in [1.82, 2.24) is 0 Å². The van der Waals surface area contributed by atoms with Gasteiger partial charge in [0, 0.05) is 0 Å². The molecule has 0 unspecified atom stereocenters. The summed E-state index contributed by atoms with van der Waals surface area (Å²) in [5, 5.41) is 0. The van der Waals surface area contributed by atoms with Crippen LogP contribution in [-0.2, 0) is 0 Å². The molecule has 0 aromatic rings. The first-order chi connectivity index (χ1) is 10.3. The summed E-state index contributed by atoms with van der Waals surface area (Å²) in [6.45, 7) is 9.87. The molecule has 122 valence electrons. The molecule has 0 bridgehead atoms. The maximum Gasteiger partial charge on any atom is -0.0320 e. The summed E-state index contributed by atoms with van der Waals surface area (Å²) in [7, 11) is 0. The lowest BCUT2D eigenvalue weighted by Gasteiger charge is -2.08. The molecular formula is C21H38. The van der Waals surface area contributed by atoms with Crippen LogP contribution in [0, 0.1) is 0 Å². The minimum atomic E-state index is 1.18. The topological polar surface area (TPSA) is 0 Å². The molecule has 0 spiro atoms. The fourth-order valence-electron chi connectivity index (χ4n) is 2.65. The number of allylic oxidation sites excluding steroid dienone is 4. The monoisotopic (exact) mass is 290 g/mol. The van der Waals surface area contributed by atoms with Crippen LogP contribution in [0.2, 0.25) is 0 Å². The van der Waals surface area contributed by atoms with Crippen LogP contribution >= 0.6 is 0 Å². The molecule has 21 heavy (non-hydrogen) atoms. The highest BCUT2D eigenvalue weighted by atomic mass is 14.1. The van der Waals surface area contributed by atoms with Gasteiger partial charge < -0.3 is 0 Å². The van der Waals surface area contributed by atoms with Crippen molar-refractivity contribution in [1.29, 1.82) is 0 Å². The van der Waals surface area contributed by atoms with E-state index >= 15 is 0 Å². The van der Waals surface area contributed by atoms with Gasteiger partial charge in [-0.05, 0) is 57.8 Å². The van der Waals surface area contributed by atoms with Crippen LogP contribution < -0.4 is 0 Å². The van der Waals surface area contributed by atoms with Gasteiger partial charge in [-0.25, -0.2) is 0 Å². The Morgan fingerprint density at radius 2 is 1.19 bits per heavy atom. The number of rotatable bonds is 16. The van der Waals surface area contributed by atoms with Crippen molar-refractivity contribution in [3.05, 3.63) is 37.0 Å². The molecule has 0 amide bonds. The van der Waals surface area contributed by atoms with Gasteiger partial charge in [0.15, 0.2) is 0 Å². The first kappa shape index (κ1) is 20.2. The summed E-state index contributed by atoms with van der Waals surface area (Å²) in [6.07, 6.45) is 25.1. The first-order valence-corrected chi connectivity index (χ1v) is 9.24. The third-order valence-corrected chi connectivity index (χ3v) is 4.05. The Balaban J connectivity index is 3.82. The van der Waals surface area contributed by atoms with Crippen molar-refractivity contribution in [3.8, 4) is 0 Å². The van der Waals surface area contributed by atoms with Gasteiger partial charge in [-0.2, -0.15) is 0 Å². The van der Waals surface area contributed by atoms with Crippen LogP contribution in [0.4, 0.5) is 0 Å². The summed E-state index contributed by atoms with van der Waals surface area (Å²) in [4.78, 5) is 0. The number of hydrogen-bond acceptors (Lipinski definition) is 0. The molecule has 0 heteroatoms. The van der Waals surface area contributed by atoms with Crippen LogP contribution in [0.5, 0.6) is 0 Å². The molecule has 0 aliphatic carbocycles. The van der Waals surface area contributed by atoms with E-state index in [0.717, 1.165) is 0 Å². The van der Waals surface area contributed by atoms with Crippen molar-refractivity contribution < 1.29 is 0 Å². The molecule has 0 atom stereocenters. The van der Waals surface area contributed by atoms with E-state index in [0.29, 0.717) is 0 Å². The molecule has 0 heterocycles.